The lowest BCUT2D eigenvalue weighted by molar-refractivity contribution is -0.139. The topological polar surface area (TPSA) is 52.1 Å². The summed E-state index contributed by atoms with van der Waals surface area (Å²) in [7, 11) is 1.39. The highest BCUT2D eigenvalue weighted by Crippen LogP contribution is 2.33. The minimum absolute atomic E-state index is 0.252. The number of aromatic nitrogens is 2. The molecule has 6 heteroatoms. The highest BCUT2D eigenvalue weighted by atomic mass is 32.2. The Hall–Kier alpha value is -1.40. The predicted octanol–water partition coefficient (Wildman–Crippen LogP) is 3.17. The molecule has 0 saturated carbocycles. The van der Waals surface area contributed by atoms with Gasteiger partial charge in [0.05, 0.1) is 7.11 Å². The molecule has 19 heavy (non-hydrogen) atoms. The van der Waals surface area contributed by atoms with Gasteiger partial charge >= 0.3 is 5.97 Å². The first kappa shape index (κ1) is 14.0. The minimum Gasteiger partial charge on any atom is -0.468 e. The number of hydrogen-bond acceptors (Lipinski definition) is 6. The van der Waals surface area contributed by atoms with Crippen molar-refractivity contribution >= 4 is 29.1 Å². The zero-order valence-electron chi connectivity index (χ0n) is 10.9. The average molecular weight is 294 g/mol. The van der Waals surface area contributed by atoms with Crippen LogP contribution in [0.25, 0.3) is 10.6 Å². The van der Waals surface area contributed by atoms with Crippen molar-refractivity contribution in [3.63, 3.8) is 0 Å². The van der Waals surface area contributed by atoms with Crippen LogP contribution in [0.2, 0.25) is 0 Å². The monoisotopic (exact) mass is 294 g/mol. The lowest BCUT2D eigenvalue weighted by atomic mass is 10.1. The van der Waals surface area contributed by atoms with E-state index in [2.05, 4.69) is 10.2 Å². The Morgan fingerprint density at radius 1 is 1.37 bits per heavy atom. The van der Waals surface area contributed by atoms with E-state index >= 15 is 0 Å². The Kier molecular flexibility index (Phi) is 4.55. The zero-order chi connectivity index (χ0) is 13.8. The number of methoxy groups -OCH3 is 1. The average Bonchev–Trinajstić information content (AvgIpc) is 2.86. The fourth-order valence-corrected chi connectivity index (χ4v) is 3.66. The molecule has 1 aromatic heterocycles. The van der Waals surface area contributed by atoms with E-state index in [-0.39, 0.29) is 11.2 Å². The maximum atomic E-state index is 11.4. The first-order valence-electron chi connectivity index (χ1n) is 5.76. The minimum atomic E-state index is -0.275. The van der Waals surface area contributed by atoms with Gasteiger partial charge in [0.25, 0.3) is 0 Å². The van der Waals surface area contributed by atoms with E-state index in [1.165, 1.54) is 30.2 Å². The molecule has 0 spiro atoms. The molecule has 0 N–H and O–H groups in total. The third kappa shape index (κ3) is 3.33. The van der Waals surface area contributed by atoms with E-state index in [0.717, 1.165) is 20.5 Å². The Balaban J connectivity index is 2.16. The second-order valence-corrected chi connectivity index (χ2v) is 6.54. The highest BCUT2D eigenvalue weighted by molar-refractivity contribution is 8.02. The van der Waals surface area contributed by atoms with Crippen LogP contribution in [0, 0.1) is 6.92 Å². The van der Waals surface area contributed by atoms with Crippen LogP contribution in [-0.2, 0) is 9.53 Å². The van der Waals surface area contributed by atoms with Crippen molar-refractivity contribution < 1.29 is 9.53 Å². The summed E-state index contributed by atoms with van der Waals surface area (Å²) in [6.45, 7) is 3.84. The molecule has 2 rings (SSSR count). The van der Waals surface area contributed by atoms with Gasteiger partial charge in [-0.25, -0.2) is 0 Å². The van der Waals surface area contributed by atoms with E-state index in [0.29, 0.717) is 0 Å². The molecule has 1 unspecified atom stereocenters. The molecular formula is C13H14N2O2S2. The second kappa shape index (κ2) is 6.16. The fraction of sp³-hybridized carbons (Fsp3) is 0.308. The summed E-state index contributed by atoms with van der Waals surface area (Å²) in [4.78, 5) is 11.4. The first-order valence-corrected chi connectivity index (χ1v) is 7.45. The van der Waals surface area contributed by atoms with Gasteiger partial charge in [0.15, 0.2) is 4.34 Å². The Labute approximate surface area is 120 Å². The Morgan fingerprint density at radius 2 is 2.11 bits per heavy atom. The molecule has 1 aromatic carbocycles. The second-order valence-electron chi connectivity index (χ2n) is 3.97. The number of aryl methyl sites for hydroxylation is 1. The normalized spacial score (nSPS) is 12.2. The van der Waals surface area contributed by atoms with E-state index in [1.54, 1.807) is 6.92 Å². The number of carbonyl (C=O) groups is 1. The van der Waals surface area contributed by atoms with Crippen molar-refractivity contribution in [3.05, 3.63) is 29.8 Å². The molecule has 2 aromatic rings. The summed E-state index contributed by atoms with van der Waals surface area (Å²) < 4.78 is 5.47. The van der Waals surface area contributed by atoms with Crippen LogP contribution >= 0.6 is 23.1 Å². The molecule has 0 amide bonds. The largest absolute Gasteiger partial charge is 0.468 e. The Bertz CT molecular complexity index is 584. The van der Waals surface area contributed by atoms with Crippen LogP contribution in [0.5, 0.6) is 0 Å². The van der Waals surface area contributed by atoms with Crippen LogP contribution in [-0.4, -0.2) is 28.5 Å². The fourth-order valence-electron chi connectivity index (χ4n) is 1.54. The number of hydrogen-bond donors (Lipinski definition) is 0. The number of thioether (sulfide) groups is 1. The maximum absolute atomic E-state index is 11.4. The predicted molar refractivity (Wildman–Crippen MR) is 77.4 cm³/mol. The van der Waals surface area contributed by atoms with Gasteiger partial charge in [-0.1, -0.05) is 47.4 Å². The summed E-state index contributed by atoms with van der Waals surface area (Å²) in [6.07, 6.45) is 0. The first-order chi connectivity index (χ1) is 9.11. The lowest BCUT2D eigenvalue weighted by Gasteiger charge is -2.04. The SMILES string of the molecule is COC(=O)C(C)Sc1nnc(-c2ccccc2C)s1. The number of esters is 1. The molecule has 0 radical (unpaired) electrons. The molecule has 0 aliphatic heterocycles. The van der Waals surface area contributed by atoms with Crippen molar-refractivity contribution in [1.82, 2.24) is 10.2 Å². The van der Waals surface area contributed by atoms with Crippen LogP contribution in [0.15, 0.2) is 28.6 Å². The number of nitrogens with zero attached hydrogens (tertiary/aromatic N) is 2. The maximum Gasteiger partial charge on any atom is 0.318 e. The van der Waals surface area contributed by atoms with Crippen LogP contribution in [0.4, 0.5) is 0 Å². The zero-order valence-corrected chi connectivity index (χ0v) is 12.5. The van der Waals surface area contributed by atoms with Gasteiger partial charge < -0.3 is 4.74 Å². The molecule has 0 aliphatic carbocycles. The Morgan fingerprint density at radius 3 is 2.79 bits per heavy atom. The van der Waals surface area contributed by atoms with E-state index in [9.17, 15) is 4.79 Å². The van der Waals surface area contributed by atoms with E-state index in [1.807, 2.05) is 31.2 Å². The van der Waals surface area contributed by atoms with Crippen molar-refractivity contribution in [2.75, 3.05) is 7.11 Å². The quantitative estimate of drug-likeness (QED) is 0.640. The standard InChI is InChI=1S/C13H14N2O2S2/c1-8-6-4-5-7-10(8)11-14-15-13(19-11)18-9(2)12(16)17-3/h4-7,9H,1-3H3. The summed E-state index contributed by atoms with van der Waals surface area (Å²) in [5, 5.41) is 8.89. The van der Waals surface area contributed by atoms with Crippen LogP contribution < -0.4 is 0 Å². The number of benzene rings is 1. The number of carbonyl (C=O) groups excluding carboxylic acids is 1. The van der Waals surface area contributed by atoms with Gasteiger partial charge in [-0.2, -0.15) is 0 Å². The third-order valence-corrected chi connectivity index (χ3v) is 4.71. The molecule has 1 heterocycles. The molecule has 0 bridgehead atoms. The summed E-state index contributed by atoms with van der Waals surface area (Å²) >= 11 is 2.86. The number of rotatable bonds is 4. The molecule has 0 aliphatic rings. The van der Waals surface area contributed by atoms with Gasteiger partial charge in [0.2, 0.25) is 0 Å². The number of ether oxygens (including phenoxy) is 1. The summed E-state index contributed by atoms with van der Waals surface area (Å²) in [6, 6.07) is 8.04. The molecular weight excluding hydrogens is 280 g/mol. The van der Waals surface area contributed by atoms with Crippen molar-refractivity contribution in [2.24, 2.45) is 0 Å². The smallest absolute Gasteiger partial charge is 0.318 e. The lowest BCUT2D eigenvalue weighted by Crippen LogP contribution is -2.14. The van der Waals surface area contributed by atoms with Gasteiger partial charge in [0.1, 0.15) is 10.3 Å². The highest BCUT2D eigenvalue weighted by Gasteiger charge is 2.18. The molecule has 0 fully saturated rings. The van der Waals surface area contributed by atoms with E-state index < -0.39 is 0 Å². The van der Waals surface area contributed by atoms with Gasteiger partial charge in [-0.3, -0.25) is 4.79 Å². The van der Waals surface area contributed by atoms with Crippen LogP contribution in [0.1, 0.15) is 12.5 Å². The van der Waals surface area contributed by atoms with Crippen molar-refractivity contribution in [3.8, 4) is 10.6 Å². The van der Waals surface area contributed by atoms with Gasteiger partial charge in [0, 0.05) is 5.56 Å². The van der Waals surface area contributed by atoms with Gasteiger partial charge in [-0.15, -0.1) is 10.2 Å². The molecule has 100 valence electrons. The van der Waals surface area contributed by atoms with Crippen molar-refractivity contribution in [1.29, 1.82) is 0 Å². The van der Waals surface area contributed by atoms with Gasteiger partial charge in [-0.05, 0) is 19.4 Å². The summed E-state index contributed by atoms with van der Waals surface area (Å²) in [5.41, 5.74) is 2.24. The molecule has 0 saturated heterocycles. The molecule has 4 nitrogen and oxygen atoms in total. The molecule has 1 atom stereocenters. The van der Waals surface area contributed by atoms with Crippen molar-refractivity contribution in [2.45, 2.75) is 23.4 Å². The van der Waals surface area contributed by atoms with E-state index in [4.69, 9.17) is 4.74 Å². The van der Waals surface area contributed by atoms with Crippen LogP contribution in [0.3, 0.4) is 0 Å². The third-order valence-electron chi connectivity index (χ3n) is 2.59. The summed E-state index contributed by atoms with van der Waals surface area (Å²) in [5.74, 6) is -0.252.